The van der Waals surface area contributed by atoms with E-state index in [1.54, 1.807) is 0 Å². The summed E-state index contributed by atoms with van der Waals surface area (Å²) < 4.78 is 0. The van der Waals surface area contributed by atoms with Crippen LogP contribution in [0.25, 0.3) is 0 Å². The van der Waals surface area contributed by atoms with Crippen LogP contribution in [0.4, 0.5) is 11.4 Å². The van der Waals surface area contributed by atoms with Gasteiger partial charge in [0.15, 0.2) is 0 Å². The van der Waals surface area contributed by atoms with E-state index in [9.17, 15) is 19.7 Å². The molecular weight excluding hydrogens is 350 g/mol. The topological polar surface area (TPSA) is 122 Å². The van der Waals surface area contributed by atoms with E-state index >= 15 is 0 Å². The van der Waals surface area contributed by atoms with Crippen molar-refractivity contribution in [2.75, 3.05) is 18.5 Å². The summed E-state index contributed by atoms with van der Waals surface area (Å²) in [6, 6.07) is 9.54. The Bertz CT molecular complexity index is 825. The van der Waals surface area contributed by atoms with Crippen molar-refractivity contribution >= 4 is 34.8 Å². The summed E-state index contributed by atoms with van der Waals surface area (Å²) in [5.41, 5.74) is 0.159. The number of anilines is 1. The van der Waals surface area contributed by atoms with Crippen molar-refractivity contribution in [2.45, 2.75) is 0 Å². The molecule has 0 atom stereocenters. The zero-order valence-corrected chi connectivity index (χ0v) is 13.6. The lowest BCUT2D eigenvalue weighted by Gasteiger charge is -2.11. The molecule has 0 heterocycles. The van der Waals surface area contributed by atoms with Crippen molar-refractivity contribution in [1.29, 1.82) is 0 Å². The number of nitro groups is 1. The lowest BCUT2D eigenvalue weighted by molar-refractivity contribution is -0.384. The molecule has 2 amide bonds. The average Bonchev–Trinajstić information content (AvgIpc) is 2.61. The number of aliphatic hydroxyl groups excluding tert-OH is 1. The third kappa shape index (κ3) is 4.75. The Kier molecular flexibility index (Phi) is 6.04. The van der Waals surface area contributed by atoms with Gasteiger partial charge < -0.3 is 15.7 Å². The lowest BCUT2D eigenvalue weighted by atomic mass is 10.1. The van der Waals surface area contributed by atoms with E-state index in [2.05, 4.69) is 10.6 Å². The van der Waals surface area contributed by atoms with Crippen molar-refractivity contribution in [3.63, 3.8) is 0 Å². The van der Waals surface area contributed by atoms with Crippen LogP contribution >= 0.6 is 11.6 Å². The zero-order valence-electron chi connectivity index (χ0n) is 12.9. The monoisotopic (exact) mass is 363 g/mol. The van der Waals surface area contributed by atoms with Gasteiger partial charge >= 0.3 is 0 Å². The fourth-order valence-electron chi connectivity index (χ4n) is 2.03. The molecule has 0 saturated heterocycles. The highest BCUT2D eigenvalue weighted by Crippen LogP contribution is 2.22. The van der Waals surface area contributed by atoms with E-state index in [-0.39, 0.29) is 35.7 Å². The Morgan fingerprint density at radius 3 is 2.60 bits per heavy atom. The summed E-state index contributed by atoms with van der Waals surface area (Å²) in [4.78, 5) is 34.6. The summed E-state index contributed by atoms with van der Waals surface area (Å²) in [6.07, 6.45) is 0. The predicted molar refractivity (Wildman–Crippen MR) is 91.9 cm³/mol. The van der Waals surface area contributed by atoms with Crippen molar-refractivity contribution in [3.8, 4) is 0 Å². The van der Waals surface area contributed by atoms with Crippen LogP contribution in [0.5, 0.6) is 0 Å². The van der Waals surface area contributed by atoms with Crippen LogP contribution in [0.15, 0.2) is 42.5 Å². The summed E-state index contributed by atoms with van der Waals surface area (Å²) in [7, 11) is 0. The highest BCUT2D eigenvalue weighted by molar-refractivity contribution is 6.31. The van der Waals surface area contributed by atoms with Gasteiger partial charge in [-0.1, -0.05) is 17.7 Å². The maximum Gasteiger partial charge on any atom is 0.270 e. The minimum atomic E-state index is -0.609. The van der Waals surface area contributed by atoms with Crippen LogP contribution < -0.4 is 10.6 Å². The fraction of sp³-hybridized carbons (Fsp3) is 0.125. The number of amides is 2. The van der Waals surface area contributed by atoms with Crippen molar-refractivity contribution < 1.29 is 19.6 Å². The molecule has 0 aromatic heterocycles. The Morgan fingerprint density at radius 2 is 1.92 bits per heavy atom. The summed E-state index contributed by atoms with van der Waals surface area (Å²) >= 11 is 5.89. The highest BCUT2D eigenvalue weighted by atomic mass is 35.5. The molecule has 0 bridgehead atoms. The third-order valence-corrected chi connectivity index (χ3v) is 3.43. The van der Waals surface area contributed by atoms with E-state index in [1.165, 1.54) is 36.4 Å². The van der Waals surface area contributed by atoms with E-state index in [0.29, 0.717) is 5.02 Å². The van der Waals surface area contributed by atoms with E-state index in [4.69, 9.17) is 16.7 Å². The molecule has 130 valence electrons. The first-order valence-electron chi connectivity index (χ1n) is 7.17. The van der Waals surface area contributed by atoms with E-state index in [0.717, 1.165) is 6.07 Å². The molecule has 2 rings (SSSR count). The van der Waals surface area contributed by atoms with Crippen LogP contribution in [0.3, 0.4) is 0 Å². The first-order chi connectivity index (χ1) is 11.9. The molecular formula is C16H14ClN3O5. The predicted octanol–water partition coefficient (Wildman–Crippen LogP) is 2.22. The molecule has 0 aliphatic rings. The molecule has 3 N–H and O–H groups in total. The van der Waals surface area contributed by atoms with Crippen molar-refractivity contribution in [3.05, 3.63) is 68.7 Å². The molecule has 0 saturated carbocycles. The summed E-state index contributed by atoms with van der Waals surface area (Å²) in [5, 5.41) is 24.9. The van der Waals surface area contributed by atoms with Crippen LogP contribution in [0, 0.1) is 10.1 Å². The number of hydrogen-bond acceptors (Lipinski definition) is 5. The number of nitrogens with zero attached hydrogens (tertiary/aromatic N) is 1. The number of aliphatic hydroxyl groups is 1. The smallest absolute Gasteiger partial charge is 0.270 e. The van der Waals surface area contributed by atoms with Crippen LogP contribution in [-0.2, 0) is 0 Å². The molecule has 0 unspecified atom stereocenters. The molecule has 25 heavy (non-hydrogen) atoms. The molecule has 9 heteroatoms. The van der Waals surface area contributed by atoms with Crippen LogP contribution in [0.1, 0.15) is 20.7 Å². The minimum absolute atomic E-state index is 0.0453. The van der Waals surface area contributed by atoms with Gasteiger partial charge in [-0.25, -0.2) is 0 Å². The molecule has 0 fully saturated rings. The second-order valence-corrected chi connectivity index (χ2v) is 5.37. The second kappa shape index (κ2) is 8.22. The summed E-state index contributed by atoms with van der Waals surface area (Å²) in [6.45, 7) is -0.189. The minimum Gasteiger partial charge on any atom is -0.395 e. The largest absolute Gasteiger partial charge is 0.395 e. The SMILES string of the molecule is O=C(Nc1ccc(Cl)cc1C(=O)NCCO)c1cccc([N+](=O)[O-])c1. The maximum atomic E-state index is 12.3. The molecule has 2 aromatic carbocycles. The van der Waals surface area contributed by atoms with Crippen molar-refractivity contribution in [1.82, 2.24) is 5.32 Å². The number of carbonyl (C=O) groups excluding carboxylic acids is 2. The van der Waals surface area contributed by atoms with Gasteiger partial charge in [-0.05, 0) is 24.3 Å². The van der Waals surface area contributed by atoms with Gasteiger partial charge in [0.1, 0.15) is 0 Å². The molecule has 8 nitrogen and oxygen atoms in total. The number of hydrogen-bond donors (Lipinski definition) is 3. The van der Waals surface area contributed by atoms with Crippen LogP contribution in [-0.4, -0.2) is 35.0 Å². The standard InChI is InChI=1S/C16H14ClN3O5/c17-11-4-5-14(13(9-11)16(23)18-6-7-21)19-15(22)10-2-1-3-12(8-10)20(24)25/h1-5,8-9,21H,6-7H2,(H,18,23)(H,19,22). The number of halogens is 1. The summed E-state index contributed by atoms with van der Waals surface area (Å²) in [5.74, 6) is -1.13. The van der Waals surface area contributed by atoms with Gasteiger partial charge in [0.25, 0.3) is 17.5 Å². The van der Waals surface area contributed by atoms with Gasteiger partial charge in [0, 0.05) is 29.3 Å². The second-order valence-electron chi connectivity index (χ2n) is 4.93. The van der Waals surface area contributed by atoms with Gasteiger partial charge in [0.2, 0.25) is 0 Å². The Labute approximate surface area is 147 Å². The normalized spacial score (nSPS) is 10.2. The fourth-order valence-corrected chi connectivity index (χ4v) is 2.21. The molecule has 0 aliphatic heterocycles. The number of carbonyl (C=O) groups is 2. The number of benzene rings is 2. The zero-order chi connectivity index (χ0) is 18.4. The van der Waals surface area contributed by atoms with E-state index < -0.39 is 16.7 Å². The molecule has 2 aromatic rings. The quantitative estimate of drug-likeness (QED) is 0.536. The molecule has 0 aliphatic carbocycles. The first kappa shape index (κ1) is 18.4. The van der Waals surface area contributed by atoms with Gasteiger partial charge in [-0.15, -0.1) is 0 Å². The number of non-ortho nitro benzene ring substituents is 1. The van der Waals surface area contributed by atoms with E-state index in [1.807, 2.05) is 0 Å². The average molecular weight is 364 g/mol. The number of nitrogens with one attached hydrogen (secondary N) is 2. The van der Waals surface area contributed by atoms with Gasteiger partial charge in [-0.3, -0.25) is 19.7 Å². The molecule has 0 spiro atoms. The number of nitro benzene ring substituents is 1. The third-order valence-electron chi connectivity index (χ3n) is 3.19. The van der Waals surface area contributed by atoms with Gasteiger partial charge in [-0.2, -0.15) is 0 Å². The lowest BCUT2D eigenvalue weighted by Crippen LogP contribution is -2.27. The first-order valence-corrected chi connectivity index (χ1v) is 7.54. The number of rotatable bonds is 6. The van der Waals surface area contributed by atoms with Crippen LogP contribution in [0.2, 0.25) is 5.02 Å². The van der Waals surface area contributed by atoms with Gasteiger partial charge in [0.05, 0.1) is 22.8 Å². The highest BCUT2D eigenvalue weighted by Gasteiger charge is 2.16. The molecule has 0 radical (unpaired) electrons. The van der Waals surface area contributed by atoms with Crippen molar-refractivity contribution in [2.24, 2.45) is 0 Å². The maximum absolute atomic E-state index is 12.3. The Balaban J connectivity index is 2.27. The Hall–Kier alpha value is -2.97. The Morgan fingerprint density at radius 1 is 1.16 bits per heavy atom.